The van der Waals surface area contributed by atoms with E-state index < -0.39 is 5.60 Å². The summed E-state index contributed by atoms with van der Waals surface area (Å²) in [5.74, 6) is 1.01. The Bertz CT molecular complexity index is 272. The number of aromatic nitrogens is 2. The average Bonchev–Trinajstić information content (AvgIpc) is 2.61. The zero-order chi connectivity index (χ0) is 10.0. The number of likely N-dealkylation sites (tertiary alicyclic amines) is 1. The highest BCUT2D eigenvalue weighted by Gasteiger charge is 2.27. The highest BCUT2D eigenvalue weighted by atomic mass is 16.3. The molecule has 0 radical (unpaired) electrons. The van der Waals surface area contributed by atoms with E-state index in [-0.39, 0.29) is 0 Å². The quantitative estimate of drug-likeness (QED) is 0.732. The number of nitrogens with one attached hydrogen (secondary N) is 1. The third kappa shape index (κ3) is 2.33. The third-order valence-electron chi connectivity index (χ3n) is 2.86. The summed E-state index contributed by atoms with van der Waals surface area (Å²) in [5, 5.41) is 9.77. The summed E-state index contributed by atoms with van der Waals surface area (Å²) in [6, 6.07) is 0. The lowest BCUT2D eigenvalue weighted by atomic mass is 9.94. The first kappa shape index (κ1) is 9.68. The van der Waals surface area contributed by atoms with Crippen LogP contribution in [-0.4, -0.2) is 38.7 Å². The molecule has 1 aromatic rings. The second-order valence-corrected chi connectivity index (χ2v) is 4.31. The van der Waals surface area contributed by atoms with Crippen molar-refractivity contribution in [3.05, 3.63) is 18.2 Å². The Hall–Kier alpha value is -0.870. The molecule has 1 saturated heterocycles. The summed E-state index contributed by atoms with van der Waals surface area (Å²) in [5.41, 5.74) is -0.459. The lowest BCUT2D eigenvalue weighted by Gasteiger charge is -2.35. The number of aliphatic hydroxyl groups is 1. The van der Waals surface area contributed by atoms with E-state index in [1.165, 1.54) is 0 Å². The van der Waals surface area contributed by atoms with Crippen LogP contribution in [0, 0.1) is 0 Å². The maximum atomic E-state index is 9.77. The number of hydrogen-bond acceptors (Lipinski definition) is 3. The summed E-state index contributed by atoms with van der Waals surface area (Å²) in [4.78, 5) is 9.59. The Balaban J connectivity index is 1.85. The Morgan fingerprint density at radius 1 is 1.57 bits per heavy atom. The second kappa shape index (κ2) is 3.71. The predicted octanol–water partition coefficient (Wildman–Crippen LogP) is 0.756. The normalized spacial score (nSPS) is 22.4. The fourth-order valence-electron chi connectivity index (χ4n) is 1.79. The first-order valence-corrected chi connectivity index (χ1v) is 5.09. The second-order valence-electron chi connectivity index (χ2n) is 4.31. The van der Waals surface area contributed by atoms with Crippen molar-refractivity contribution in [3.8, 4) is 0 Å². The maximum absolute atomic E-state index is 9.77. The summed E-state index contributed by atoms with van der Waals surface area (Å²) >= 11 is 0. The van der Waals surface area contributed by atoms with Crippen molar-refractivity contribution in [2.24, 2.45) is 0 Å². The molecular weight excluding hydrogens is 178 g/mol. The average molecular weight is 195 g/mol. The number of rotatable bonds is 2. The largest absolute Gasteiger partial charge is 0.390 e. The van der Waals surface area contributed by atoms with E-state index in [4.69, 9.17) is 0 Å². The van der Waals surface area contributed by atoms with E-state index in [9.17, 15) is 5.11 Å². The Labute approximate surface area is 84.0 Å². The van der Waals surface area contributed by atoms with Gasteiger partial charge < -0.3 is 10.1 Å². The van der Waals surface area contributed by atoms with Gasteiger partial charge in [-0.15, -0.1) is 0 Å². The van der Waals surface area contributed by atoms with Crippen molar-refractivity contribution < 1.29 is 5.11 Å². The topological polar surface area (TPSA) is 52.1 Å². The first-order chi connectivity index (χ1) is 6.66. The van der Waals surface area contributed by atoms with Gasteiger partial charge in [0.25, 0.3) is 0 Å². The van der Waals surface area contributed by atoms with Crippen LogP contribution < -0.4 is 0 Å². The van der Waals surface area contributed by atoms with E-state index in [2.05, 4.69) is 14.9 Å². The standard InChI is InChI=1S/C10H17N3O/c1-10(14)2-6-13(7-3-10)8-9-11-4-5-12-9/h4-5,14H,2-3,6-8H2,1H3,(H,11,12). The van der Waals surface area contributed by atoms with Crippen LogP contribution in [0.2, 0.25) is 0 Å². The summed E-state index contributed by atoms with van der Waals surface area (Å²) in [6.45, 7) is 4.68. The highest BCUT2D eigenvalue weighted by Crippen LogP contribution is 2.21. The molecule has 0 saturated carbocycles. The van der Waals surface area contributed by atoms with E-state index >= 15 is 0 Å². The summed E-state index contributed by atoms with van der Waals surface area (Å²) in [7, 11) is 0. The number of hydrogen-bond donors (Lipinski definition) is 2. The zero-order valence-electron chi connectivity index (χ0n) is 8.53. The van der Waals surface area contributed by atoms with Crippen LogP contribution >= 0.6 is 0 Å². The highest BCUT2D eigenvalue weighted by molar-refractivity contribution is 4.89. The van der Waals surface area contributed by atoms with Crippen LogP contribution in [0.15, 0.2) is 12.4 Å². The zero-order valence-corrected chi connectivity index (χ0v) is 8.53. The molecule has 2 rings (SSSR count). The number of piperidine rings is 1. The van der Waals surface area contributed by atoms with Crippen LogP contribution in [0.4, 0.5) is 0 Å². The van der Waals surface area contributed by atoms with Crippen molar-refractivity contribution in [1.29, 1.82) is 0 Å². The molecule has 0 atom stereocenters. The van der Waals surface area contributed by atoms with Crippen LogP contribution in [-0.2, 0) is 6.54 Å². The van der Waals surface area contributed by atoms with Gasteiger partial charge in [-0.2, -0.15) is 0 Å². The van der Waals surface area contributed by atoms with E-state index in [1.807, 2.05) is 13.1 Å². The van der Waals surface area contributed by atoms with Crippen LogP contribution in [0.25, 0.3) is 0 Å². The van der Waals surface area contributed by atoms with E-state index in [0.29, 0.717) is 0 Å². The summed E-state index contributed by atoms with van der Waals surface area (Å²) < 4.78 is 0. The van der Waals surface area contributed by atoms with Gasteiger partial charge in [0, 0.05) is 25.5 Å². The number of H-pyrrole nitrogens is 1. The Morgan fingerprint density at radius 2 is 2.29 bits per heavy atom. The lowest BCUT2D eigenvalue weighted by Crippen LogP contribution is -2.42. The van der Waals surface area contributed by atoms with Crippen LogP contribution in [0.3, 0.4) is 0 Å². The van der Waals surface area contributed by atoms with Gasteiger partial charge in [0.05, 0.1) is 12.1 Å². The fourth-order valence-corrected chi connectivity index (χ4v) is 1.79. The molecule has 0 aromatic carbocycles. The van der Waals surface area contributed by atoms with Gasteiger partial charge in [-0.05, 0) is 19.8 Å². The maximum Gasteiger partial charge on any atom is 0.120 e. The molecule has 0 bridgehead atoms. The predicted molar refractivity (Wildman–Crippen MR) is 53.7 cm³/mol. The van der Waals surface area contributed by atoms with Crippen molar-refractivity contribution in [3.63, 3.8) is 0 Å². The SMILES string of the molecule is CC1(O)CCN(Cc2ncc[nH]2)CC1. The van der Waals surface area contributed by atoms with Crippen molar-refractivity contribution >= 4 is 0 Å². The van der Waals surface area contributed by atoms with Gasteiger partial charge in [-0.3, -0.25) is 4.90 Å². The molecule has 0 unspecified atom stereocenters. The molecule has 4 nitrogen and oxygen atoms in total. The smallest absolute Gasteiger partial charge is 0.120 e. The molecule has 1 aliphatic heterocycles. The molecule has 1 aromatic heterocycles. The van der Waals surface area contributed by atoms with E-state index in [0.717, 1.165) is 38.3 Å². The molecule has 1 fully saturated rings. The fraction of sp³-hybridized carbons (Fsp3) is 0.700. The minimum absolute atomic E-state index is 0.459. The van der Waals surface area contributed by atoms with E-state index in [1.54, 1.807) is 6.20 Å². The lowest BCUT2D eigenvalue weighted by molar-refractivity contribution is -0.00782. The summed E-state index contributed by atoms with van der Waals surface area (Å²) in [6.07, 6.45) is 5.33. The van der Waals surface area contributed by atoms with Crippen LogP contribution in [0.5, 0.6) is 0 Å². The molecule has 1 aliphatic rings. The molecule has 78 valence electrons. The van der Waals surface area contributed by atoms with Gasteiger partial charge in [0.15, 0.2) is 0 Å². The molecule has 4 heteroatoms. The van der Waals surface area contributed by atoms with Gasteiger partial charge in [-0.1, -0.05) is 0 Å². The van der Waals surface area contributed by atoms with Gasteiger partial charge in [0.2, 0.25) is 0 Å². The number of imidazole rings is 1. The van der Waals surface area contributed by atoms with Crippen LogP contribution in [0.1, 0.15) is 25.6 Å². The van der Waals surface area contributed by atoms with Crippen molar-refractivity contribution in [2.45, 2.75) is 31.9 Å². The molecule has 0 amide bonds. The van der Waals surface area contributed by atoms with Gasteiger partial charge in [0.1, 0.15) is 5.82 Å². The molecule has 2 heterocycles. The monoisotopic (exact) mass is 195 g/mol. The molecule has 14 heavy (non-hydrogen) atoms. The first-order valence-electron chi connectivity index (χ1n) is 5.09. The van der Waals surface area contributed by atoms with Gasteiger partial charge >= 0.3 is 0 Å². The Morgan fingerprint density at radius 3 is 2.86 bits per heavy atom. The molecular formula is C10H17N3O. The van der Waals surface area contributed by atoms with Crippen molar-refractivity contribution in [2.75, 3.05) is 13.1 Å². The minimum atomic E-state index is -0.459. The number of aromatic amines is 1. The molecule has 0 aliphatic carbocycles. The number of nitrogens with zero attached hydrogens (tertiary/aromatic N) is 2. The molecule has 2 N–H and O–H groups in total. The minimum Gasteiger partial charge on any atom is -0.390 e. The molecule has 0 spiro atoms. The van der Waals surface area contributed by atoms with Gasteiger partial charge in [-0.25, -0.2) is 4.98 Å². The third-order valence-corrected chi connectivity index (χ3v) is 2.86. The Kier molecular flexibility index (Phi) is 2.56. The van der Waals surface area contributed by atoms with Crippen molar-refractivity contribution in [1.82, 2.24) is 14.9 Å².